The van der Waals surface area contributed by atoms with Gasteiger partial charge in [-0.3, -0.25) is 19.3 Å². The van der Waals surface area contributed by atoms with Gasteiger partial charge in [0, 0.05) is 35.0 Å². The van der Waals surface area contributed by atoms with Crippen LogP contribution in [0.1, 0.15) is 57.4 Å². The molecule has 1 aromatic heterocycles. The van der Waals surface area contributed by atoms with Crippen molar-refractivity contribution in [2.75, 3.05) is 10.2 Å². The first-order valence-corrected chi connectivity index (χ1v) is 12.3. The lowest BCUT2D eigenvalue weighted by Gasteiger charge is -2.35. The summed E-state index contributed by atoms with van der Waals surface area (Å²) >= 11 is 6.47. The number of aryl methyl sites for hydroxylation is 1. The van der Waals surface area contributed by atoms with Gasteiger partial charge in [-0.05, 0) is 45.4 Å². The van der Waals surface area contributed by atoms with E-state index in [-0.39, 0.29) is 29.4 Å². The fourth-order valence-corrected chi connectivity index (χ4v) is 3.86. The van der Waals surface area contributed by atoms with E-state index in [1.165, 1.54) is 18.2 Å². The summed E-state index contributed by atoms with van der Waals surface area (Å²) in [5.74, 6) is -1.61. The Morgan fingerprint density at radius 2 is 1.78 bits per heavy atom. The number of anilines is 2. The predicted molar refractivity (Wildman–Crippen MR) is 140 cm³/mol. The van der Waals surface area contributed by atoms with Crippen LogP contribution in [-0.2, 0) is 14.4 Å². The molecule has 3 aromatic rings. The third-order valence-corrected chi connectivity index (χ3v) is 6.24. The molecule has 0 bridgehead atoms. The van der Waals surface area contributed by atoms with E-state index in [1.54, 1.807) is 43.3 Å². The van der Waals surface area contributed by atoms with Crippen LogP contribution in [0.2, 0.25) is 5.02 Å². The Morgan fingerprint density at radius 3 is 2.41 bits per heavy atom. The summed E-state index contributed by atoms with van der Waals surface area (Å²) < 4.78 is 20.0. The molecule has 0 aliphatic carbocycles. The molecule has 0 fully saturated rings. The molecule has 0 saturated carbocycles. The minimum absolute atomic E-state index is 0.102. The van der Waals surface area contributed by atoms with Crippen molar-refractivity contribution >= 4 is 40.8 Å². The number of aromatic nitrogens is 1. The molecule has 0 unspecified atom stereocenters. The van der Waals surface area contributed by atoms with Gasteiger partial charge in [0.25, 0.3) is 0 Å². The summed E-state index contributed by atoms with van der Waals surface area (Å²) in [6, 6.07) is 12.5. The van der Waals surface area contributed by atoms with Crippen LogP contribution in [0.5, 0.6) is 0 Å². The van der Waals surface area contributed by atoms with E-state index in [9.17, 15) is 14.4 Å². The minimum Gasteiger partial charge on any atom is -0.360 e. The van der Waals surface area contributed by atoms with E-state index in [2.05, 4.69) is 15.8 Å². The van der Waals surface area contributed by atoms with E-state index in [0.717, 1.165) is 4.90 Å². The van der Waals surface area contributed by atoms with E-state index < -0.39 is 35.1 Å². The van der Waals surface area contributed by atoms with Gasteiger partial charge >= 0.3 is 0 Å². The first kappa shape index (κ1) is 27.9. The molecule has 3 amide bonds. The zero-order valence-corrected chi connectivity index (χ0v) is 21.9. The molecular formula is C27H30ClFN4O4. The van der Waals surface area contributed by atoms with E-state index >= 15 is 4.39 Å². The maximum absolute atomic E-state index is 15.1. The maximum atomic E-state index is 15.1. The van der Waals surface area contributed by atoms with Crippen LogP contribution in [0, 0.1) is 12.7 Å². The number of amides is 3. The fourth-order valence-electron chi connectivity index (χ4n) is 3.62. The molecule has 10 heteroatoms. The Kier molecular flexibility index (Phi) is 9.04. The Balaban J connectivity index is 1.99. The summed E-state index contributed by atoms with van der Waals surface area (Å²) in [5, 5.41) is 9.44. The fraction of sp³-hybridized carbons (Fsp3) is 0.333. The van der Waals surface area contributed by atoms with Gasteiger partial charge in [0.2, 0.25) is 17.7 Å². The van der Waals surface area contributed by atoms with Gasteiger partial charge in [-0.2, -0.15) is 0 Å². The standard InChI is InChI=1S/C27H30ClFN4O4/c1-5-27(3,4)31-26(36)25(18-10-6-7-11-19(18)28)33(21-13-9-8-12-20(21)29)24(35)15-14-23(34)30-22-16-17(2)37-32-22/h6-13,16,25H,5,14-15H2,1-4H3,(H,31,36)(H,30,32,34)/t25-/m1/s1. The minimum atomic E-state index is -1.29. The van der Waals surface area contributed by atoms with E-state index in [0.29, 0.717) is 17.7 Å². The lowest BCUT2D eigenvalue weighted by atomic mass is 9.97. The van der Waals surface area contributed by atoms with E-state index in [1.807, 2.05) is 20.8 Å². The summed E-state index contributed by atoms with van der Waals surface area (Å²) in [6.45, 7) is 7.29. The number of benzene rings is 2. The lowest BCUT2D eigenvalue weighted by Crippen LogP contribution is -2.50. The van der Waals surface area contributed by atoms with Crippen LogP contribution >= 0.6 is 11.6 Å². The molecule has 0 aliphatic rings. The van der Waals surface area contributed by atoms with Crippen molar-refractivity contribution in [3.8, 4) is 0 Å². The van der Waals surface area contributed by atoms with Gasteiger partial charge in [0.1, 0.15) is 17.6 Å². The third kappa shape index (κ3) is 7.16. The van der Waals surface area contributed by atoms with Crippen LogP contribution < -0.4 is 15.5 Å². The average Bonchev–Trinajstić information content (AvgIpc) is 3.26. The number of hydrogen-bond acceptors (Lipinski definition) is 5. The number of carbonyl (C=O) groups excluding carboxylic acids is 3. The van der Waals surface area contributed by atoms with Crippen LogP contribution in [0.4, 0.5) is 15.9 Å². The molecular weight excluding hydrogens is 499 g/mol. The summed E-state index contributed by atoms with van der Waals surface area (Å²) in [5.41, 5.74) is -0.377. The molecule has 37 heavy (non-hydrogen) atoms. The molecule has 8 nitrogen and oxygen atoms in total. The van der Waals surface area contributed by atoms with Gasteiger partial charge in [0.15, 0.2) is 5.82 Å². The number of carbonyl (C=O) groups is 3. The molecule has 0 saturated heterocycles. The molecule has 2 aromatic carbocycles. The largest absolute Gasteiger partial charge is 0.360 e. The van der Waals surface area contributed by atoms with Crippen molar-refractivity contribution < 1.29 is 23.3 Å². The van der Waals surface area contributed by atoms with Crippen molar-refractivity contribution in [3.05, 3.63) is 76.8 Å². The van der Waals surface area contributed by atoms with Gasteiger partial charge in [0.05, 0.1) is 5.69 Å². The number of hydrogen-bond donors (Lipinski definition) is 2. The molecule has 1 atom stereocenters. The smallest absolute Gasteiger partial charge is 0.248 e. The second-order valence-electron chi connectivity index (χ2n) is 9.24. The molecule has 3 rings (SSSR count). The Morgan fingerprint density at radius 1 is 1.11 bits per heavy atom. The summed E-state index contributed by atoms with van der Waals surface area (Å²) in [4.78, 5) is 40.9. The van der Waals surface area contributed by atoms with Gasteiger partial charge in [-0.15, -0.1) is 0 Å². The molecule has 0 radical (unpaired) electrons. The highest BCUT2D eigenvalue weighted by atomic mass is 35.5. The monoisotopic (exact) mass is 528 g/mol. The molecule has 196 valence electrons. The quantitative estimate of drug-likeness (QED) is 0.358. The second-order valence-corrected chi connectivity index (χ2v) is 9.64. The molecule has 0 aliphatic heterocycles. The number of nitrogens with one attached hydrogen (secondary N) is 2. The van der Waals surface area contributed by atoms with Crippen molar-refractivity contribution in [1.82, 2.24) is 10.5 Å². The Bertz CT molecular complexity index is 1280. The van der Waals surface area contributed by atoms with Crippen LogP contribution in [0.25, 0.3) is 0 Å². The van der Waals surface area contributed by atoms with Gasteiger partial charge < -0.3 is 15.2 Å². The second kappa shape index (κ2) is 12.0. The molecule has 1 heterocycles. The topological polar surface area (TPSA) is 105 Å². The van der Waals surface area contributed by atoms with Crippen molar-refractivity contribution in [2.24, 2.45) is 0 Å². The predicted octanol–water partition coefficient (Wildman–Crippen LogP) is 5.57. The average molecular weight is 529 g/mol. The van der Waals surface area contributed by atoms with Crippen molar-refractivity contribution in [1.29, 1.82) is 0 Å². The highest BCUT2D eigenvalue weighted by Gasteiger charge is 2.37. The first-order valence-electron chi connectivity index (χ1n) is 11.9. The Hall–Kier alpha value is -3.72. The van der Waals surface area contributed by atoms with Gasteiger partial charge in [-0.1, -0.05) is 54.0 Å². The van der Waals surface area contributed by atoms with Crippen molar-refractivity contribution in [3.63, 3.8) is 0 Å². The molecule has 0 spiro atoms. The summed E-state index contributed by atoms with van der Waals surface area (Å²) in [6.07, 6.45) is 0.0821. The zero-order chi connectivity index (χ0) is 27.2. The SMILES string of the molecule is CCC(C)(C)NC(=O)[C@@H](c1ccccc1Cl)N(C(=O)CCC(=O)Nc1cc(C)on1)c1ccccc1F. The highest BCUT2D eigenvalue weighted by molar-refractivity contribution is 6.31. The number of para-hydroxylation sites is 1. The molecule has 2 N–H and O–H groups in total. The third-order valence-electron chi connectivity index (χ3n) is 5.89. The van der Waals surface area contributed by atoms with Crippen LogP contribution in [-0.4, -0.2) is 28.4 Å². The highest BCUT2D eigenvalue weighted by Crippen LogP contribution is 2.34. The Labute approximate surface area is 220 Å². The van der Waals surface area contributed by atoms with Crippen LogP contribution in [0.15, 0.2) is 59.1 Å². The number of nitrogens with zero attached hydrogens (tertiary/aromatic N) is 2. The normalized spacial score (nSPS) is 12.1. The van der Waals surface area contributed by atoms with E-state index in [4.69, 9.17) is 16.1 Å². The van der Waals surface area contributed by atoms with Crippen LogP contribution in [0.3, 0.4) is 0 Å². The summed E-state index contributed by atoms with van der Waals surface area (Å²) in [7, 11) is 0. The van der Waals surface area contributed by atoms with Crippen molar-refractivity contribution in [2.45, 2.75) is 58.5 Å². The number of rotatable bonds is 10. The first-order chi connectivity index (χ1) is 17.5. The number of halogens is 2. The van der Waals surface area contributed by atoms with Gasteiger partial charge in [-0.25, -0.2) is 4.39 Å². The maximum Gasteiger partial charge on any atom is 0.248 e. The zero-order valence-electron chi connectivity index (χ0n) is 21.2. The lowest BCUT2D eigenvalue weighted by molar-refractivity contribution is -0.128.